The van der Waals surface area contributed by atoms with Crippen LogP contribution in [0.2, 0.25) is 0 Å². The van der Waals surface area contributed by atoms with Gasteiger partial charge in [0.1, 0.15) is 0 Å². The zero-order valence-electron chi connectivity index (χ0n) is 10.4. The van der Waals surface area contributed by atoms with E-state index in [1.807, 2.05) is 13.8 Å². The van der Waals surface area contributed by atoms with Crippen molar-refractivity contribution in [3.63, 3.8) is 0 Å². The van der Waals surface area contributed by atoms with E-state index in [0.29, 0.717) is 10.0 Å². The molecule has 0 amide bonds. The maximum atomic E-state index is 12.7. The molecule has 0 bridgehead atoms. The zero-order valence-corrected chi connectivity index (χ0v) is 12.0. The van der Waals surface area contributed by atoms with Crippen molar-refractivity contribution in [1.82, 2.24) is 5.32 Å². The molecular weight excluding hydrogens is 307 g/mol. The zero-order chi connectivity index (χ0) is 13.8. The summed E-state index contributed by atoms with van der Waals surface area (Å²) in [6.45, 7) is 4.78. The van der Waals surface area contributed by atoms with E-state index in [2.05, 4.69) is 21.2 Å². The summed E-state index contributed by atoms with van der Waals surface area (Å²) in [7, 11) is 0. The van der Waals surface area contributed by atoms with Gasteiger partial charge in [0, 0.05) is 10.5 Å². The van der Waals surface area contributed by atoms with Gasteiger partial charge >= 0.3 is 6.18 Å². The topological polar surface area (TPSA) is 12.0 Å². The third kappa shape index (κ3) is 3.99. The van der Waals surface area contributed by atoms with Crippen LogP contribution in [0.25, 0.3) is 0 Å². The molecule has 1 nitrogen and oxygen atoms in total. The first-order valence-electron chi connectivity index (χ1n) is 6.00. The highest BCUT2D eigenvalue weighted by Gasteiger charge is 2.31. The summed E-state index contributed by atoms with van der Waals surface area (Å²) in [5.74, 6) is 0. The molecule has 0 fully saturated rings. The smallest absolute Gasteiger partial charge is 0.310 e. The molecule has 0 heterocycles. The third-order valence-corrected chi connectivity index (χ3v) is 3.47. The summed E-state index contributed by atoms with van der Waals surface area (Å²) in [6.07, 6.45) is -2.59. The summed E-state index contributed by atoms with van der Waals surface area (Å²) < 4.78 is 38.8. The average molecular weight is 324 g/mol. The molecule has 0 aliphatic rings. The molecule has 0 saturated heterocycles. The van der Waals surface area contributed by atoms with Crippen LogP contribution in [-0.4, -0.2) is 6.54 Å². The second-order valence-corrected chi connectivity index (χ2v) is 5.00. The lowest BCUT2D eigenvalue weighted by atomic mass is 10.0. The maximum absolute atomic E-state index is 12.7. The van der Waals surface area contributed by atoms with Crippen LogP contribution in [-0.2, 0) is 6.18 Å². The molecule has 1 unspecified atom stereocenters. The van der Waals surface area contributed by atoms with Crippen molar-refractivity contribution in [3.8, 4) is 0 Å². The number of hydrogen-bond donors (Lipinski definition) is 1. The molecule has 0 spiro atoms. The summed E-state index contributed by atoms with van der Waals surface area (Å²) in [5.41, 5.74) is 0.0678. The number of alkyl halides is 3. The Morgan fingerprint density at radius 2 is 1.94 bits per heavy atom. The fourth-order valence-corrected chi connectivity index (χ4v) is 2.30. The van der Waals surface area contributed by atoms with Gasteiger partial charge in [-0.15, -0.1) is 0 Å². The molecule has 1 aromatic rings. The van der Waals surface area contributed by atoms with E-state index in [9.17, 15) is 13.2 Å². The van der Waals surface area contributed by atoms with Crippen LogP contribution in [0.3, 0.4) is 0 Å². The molecule has 0 aliphatic carbocycles. The highest BCUT2D eigenvalue weighted by Crippen LogP contribution is 2.34. The van der Waals surface area contributed by atoms with Gasteiger partial charge < -0.3 is 5.32 Å². The molecule has 1 aromatic carbocycles. The molecular formula is C13H17BrF3N. The molecule has 1 atom stereocenters. The van der Waals surface area contributed by atoms with Crippen molar-refractivity contribution in [2.45, 2.75) is 38.9 Å². The van der Waals surface area contributed by atoms with Crippen LogP contribution in [0.15, 0.2) is 22.7 Å². The number of nitrogens with one attached hydrogen (secondary N) is 1. The molecule has 102 valence electrons. The number of benzene rings is 1. The maximum Gasteiger partial charge on any atom is 0.416 e. The monoisotopic (exact) mass is 323 g/mol. The summed E-state index contributed by atoms with van der Waals surface area (Å²) in [6, 6.07) is 3.73. The summed E-state index contributed by atoms with van der Waals surface area (Å²) >= 11 is 3.32. The van der Waals surface area contributed by atoms with Crippen molar-refractivity contribution < 1.29 is 13.2 Å². The minimum atomic E-state index is -4.29. The molecule has 0 aliphatic heterocycles. The Kier molecular flexibility index (Phi) is 5.66. The highest BCUT2D eigenvalue weighted by molar-refractivity contribution is 9.10. The quantitative estimate of drug-likeness (QED) is 0.811. The van der Waals surface area contributed by atoms with E-state index in [-0.39, 0.29) is 6.04 Å². The van der Waals surface area contributed by atoms with Gasteiger partial charge in [-0.05, 0) is 43.1 Å². The van der Waals surface area contributed by atoms with Gasteiger partial charge in [0.2, 0.25) is 0 Å². The molecule has 0 radical (unpaired) electrons. The lowest BCUT2D eigenvalue weighted by molar-refractivity contribution is -0.137. The van der Waals surface area contributed by atoms with Gasteiger partial charge in [0.15, 0.2) is 0 Å². The fourth-order valence-electron chi connectivity index (χ4n) is 1.78. The van der Waals surface area contributed by atoms with E-state index in [1.54, 1.807) is 0 Å². The highest BCUT2D eigenvalue weighted by atomic mass is 79.9. The third-order valence-electron chi connectivity index (χ3n) is 2.75. The average Bonchev–Trinajstić information content (AvgIpc) is 2.30. The number of hydrogen-bond acceptors (Lipinski definition) is 1. The van der Waals surface area contributed by atoms with Gasteiger partial charge in [-0.3, -0.25) is 0 Å². The van der Waals surface area contributed by atoms with Gasteiger partial charge in [0.25, 0.3) is 0 Å². The minimum absolute atomic E-state index is 0.0541. The Bertz CT molecular complexity index is 390. The van der Waals surface area contributed by atoms with E-state index in [0.717, 1.165) is 25.5 Å². The second-order valence-electron chi connectivity index (χ2n) is 4.15. The van der Waals surface area contributed by atoms with Crippen LogP contribution < -0.4 is 5.32 Å². The lowest BCUT2D eigenvalue weighted by Crippen LogP contribution is -2.22. The summed E-state index contributed by atoms with van der Waals surface area (Å²) in [5, 5.41) is 3.26. The van der Waals surface area contributed by atoms with E-state index < -0.39 is 11.7 Å². The Balaban J connectivity index is 3.05. The Morgan fingerprint density at radius 3 is 2.44 bits per heavy atom. The summed E-state index contributed by atoms with van der Waals surface area (Å²) in [4.78, 5) is 0. The largest absolute Gasteiger partial charge is 0.416 e. The van der Waals surface area contributed by atoms with Gasteiger partial charge in [0.05, 0.1) is 5.56 Å². The van der Waals surface area contributed by atoms with Crippen LogP contribution >= 0.6 is 15.9 Å². The van der Waals surface area contributed by atoms with Crippen molar-refractivity contribution in [2.75, 3.05) is 6.54 Å². The van der Waals surface area contributed by atoms with Crippen LogP contribution in [0.4, 0.5) is 13.2 Å². The Morgan fingerprint density at radius 1 is 1.28 bits per heavy atom. The van der Waals surface area contributed by atoms with Crippen LogP contribution in [0, 0.1) is 0 Å². The van der Waals surface area contributed by atoms with Gasteiger partial charge in [-0.25, -0.2) is 0 Å². The van der Waals surface area contributed by atoms with Crippen molar-refractivity contribution >= 4 is 15.9 Å². The molecule has 5 heteroatoms. The van der Waals surface area contributed by atoms with Crippen LogP contribution in [0.5, 0.6) is 0 Å². The molecule has 1 N–H and O–H groups in total. The van der Waals surface area contributed by atoms with Gasteiger partial charge in [-0.1, -0.05) is 29.8 Å². The first-order valence-corrected chi connectivity index (χ1v) is 6.79. The Labute approximate surface area is 114 Å². The van der Waals surface area contributed by atoms with E-state index >= 15 is 0 Å². The van der Waals surface area contributed by atoms with Gasteiger partial charge in [-0.2, -0.15) is 13.2 Å². The van der Waals surface area contributed by atoms with Crippen molar-refractivity contribution in [1.29, 1.82) is 0 Å². The molecule has 0 saturated carbocycles. The second kappa shape index (κ2) is 6.57. The normalized spacial score (nSPS) is 13.7. The first kappa shape index (κ1) is 15.5. The van der Waals surface area contributed by atoms with Crippen molar-refractivity contribution in [3.05, 3.63) is 33.8 Å². The Hall–Kier alpha value is -0.550. The number of halogens is 4. The van der Waals surface area contributed by atoms with Crippen molar-refractivity contribution in [2.24, 2.45) is 0 Å². The lowest BCUT2D eigenvalue weighted by Gasteiger charge is -2.20. The molecule has 18 heavy (non-hydrogen) atoms. The standard InChI is InChI=1S/C13H17BrF3N/c1-3-7-18-12(4-2)10-8-9(13(15,16)17)5-6-11(10)14/h5-6,8,12,18H,3-4,7H2,1-2H3. The molecule has 0 aromatic heterocycles. The van der Waals surface area contributed by atoms with E-state index in [1.165, 1.54) is 12.1 Å². The number of rotatable bonds is 5. The fraction of sp³-hybridized carbons (Fsp3) is 0.538. The minimum Gasteiger partial charge on any atom is -0.310 e. The predicted molar refractivity (Wildman–Crippen MR) is 70.5 cm³/mol. The van der Waals surface area contributed by atoms with E-state index in [4.69, 9.17) is 0 Å². The predicted octanol–water partition coefficient (Wildman–Crippen LogP) is 4.92. The first-order chi connectivity index (χ1) is 8.40. The SMILES string of the molecule is CCCNC(CC)c1cc(C(F)(F)F)ccc1Br. The van der Waals surface area contributed by atoms with Crippen LogP contribution in [0.1, 0.15) is 43.9 Å². The molecule has 1 rings (SSSR count).